The molecule has 6 unspecified atom stereocenters. The van der Waals surface area contributed by atoms with Crippen LogP contribution in [0.25, 0.3) is 0 Å². The summed E-state index contributed by atoms with van der Waals surface area (Å²) in [6.07, 6.45) is 38.3. The zero-order valence-electron chi connectivity index (χ0n) is 40.3. The maximum absolute atomic E-state index is 12.8. The highest BCUT2D eigenvalue weighted by Crippen LogP contribution is 2.23. The summed E-state index contributed by atoms with van der Waals surface area (Å²) in [5.74, 6) is -2.43. The molecule has 0 spiro atoms. The Balaban J connectivity index is 2.28. The van der Waals surface area contributed by atoms with Gasteiger partial charge in [0, 0.05) is 12.8 Å². The highest BCUT2D eigenvalue weighted by molar-refractivity contribution is 5.73. The van der Waals surface area contributed by atoms with Crippen molar-refractivity contribution in [3.05, 3.63) is 12.2 Å². The lowest BCUT2D eigenvalue weighted by atomic mass is 9.99. The van der Waals surface area contributed by atoms with E-state index in [1.165, 1.54) is 167 Å². The number of aliphatic carboxylic acids is 1. The molecule has 6 atom stereocenters. The van der Waals surface area contributed by atoms with E-state index in [-0.39, 0.29) is 26.1 Å². The fraction of sp³-hybridized carbons (Fsp3) is 0.904. The molecule has 4 N–H and O–H groups in total. The smallest absolute Gasteiger partial charge is 0.335 e. The molecule has 0 amide bonds. The average molecular weight is 897 g/mol. The minimum absolute atomic E-state index is 0.188. The van der Waals surface area contributed by atoms with Crippen LogP contribution in [0.1, 0.15) is 251 Å². The van der Waals surface area contributed by atoms with Crippen LogP contribution in [-0.2, 0) is 33.3 Å². The van der Waals surface area contributed by atoms with Crippen molar-refractivity contribution in [1.29, 1.82) is 0 Å². The van der Waals surface area contributed by atoms with Crippen LogP contribution in [0.3, 0.4) is 0 Å². The molecule has 0 aromatic heterocycles. The summed E-state index contributed by atoms with van der Waals surface area (Å²) in [5.41, 5.74) is 0. The number of aliphatic hydroxyl groups is 3. The number of esters is 2. The van der Waals surface area contributed by atoms with E-state index in [4.69, 9.17) is 18.9 Å². The summed E-state index contributed by atoms with van der Waals surface area (Å²) in [5, 5.41) is 39.9. The van der Waals surface area contributed by atoms with E-state index in [2.05, 4.69) is 26.0 Å². The van der Waals surface area contributed by atoms with Gasteiger partial charge in [-0.05, 0) is 38.5 Å². The highest BCUT2D eigenvalue weighted by Gasteiger charge is 2.47. The highest BCUT2D eigenvalue weighted by atomic mass is 16.7. The lowest BCUT2D eigenvalue weighted by molar-refractivity contribution is -0.298. The third-order valence-corrected chi connectivity index (χ3v) is 12.4. The fourth-order valence-electron chi connectivity index (χ4n) is 8.23. The summed E-state index contributed by atoms with van der Waals surface area (Å²) in [4.78, 5) is 37.0. The molecule has 1 fully saturated rings. The van der Waals surface area contributed by atoms with Gasteiger partial charge in [-0.2, -0.15) is 0 Å². The SMILES string of the molecule is CCCCCCCC/C=C\CCCCCCCCCC(=O)OCC(COC1OC(C(=O)O)C(O)C(O)C1O)OC(=O)CCCCCCCCCCCCCCCCCCCCCC. The number of allylic oxidation sites excluding steroid dienone is 2. The number of hydrogen-bond donors (Lipinski definition) is 4. The number of ether oxygens (including phenoxy) is 4. The van der Waals surface area contributed by atoms with Crippen LogP contribution in [-0.4, -0.2) is 88.4 Å². The lowest BCUT2D eigenvalue weighted by Crippen LogP contribution is -2.60. The molecule has 0 aliphatic carbocycles. The first-order chi connectivity index (χ1) is 30.7. The number of carboxylic acid groups (broad SMARTS) is 1. The van der Waals surface area contributed by atoms with E-state index in [0.717, 1.165) is 44.9 Å². The number of hydrogen-bond acceptors (Lipinski definition) is 10. The van der Waals surface area contributed by atoms with Crippen LogP contribution in [0, 0.1) is 0 Å². The second kappa shape index (κ2) is 42.6. The molecule has 370 valence electrons. The van der Waals surface area contributed by atoms with Crippen LogP contribution < -0.4 is 0 Å². The van der Waals surface area contributed by atoms with Gasteiger partial charge in [0.15, 0.2) is 18.5 Å². The standard InChI is InChI=1S/C52H96O11/c1-3-5-7-9-11-13-15-17-19-21-22-23-25-27-29-31-33-35-37-39-41-46(54)62-44(43-61-52-49(57)47(55)48(56)50(63-52)51(58)59)42-60-45(53)40-38-36-34-32-30-28-26-24-20-18-16-14-12-10-8-6-4-2/h18,20,44,47-50,52,55-57H,3-17,19,21-43H2,1-2H3,(H,58,59)/b20-18-. The molecule has 1 rings (SSSR count). The van der Waals surface area contributed by atoms with Gasteiger partial charge in [-0.1, -0.05) is 212 Å². The molecule has 1 heterocycles. The predicted octanol–water partition coefficient (Wildman–Crippen LogP) is 12.4. The molecule has 11 nitrogen and oxygen atoms in total. The number of rotatable bonds is 45. The van der Waals surface area contributed by atoms with E-state index < -0.39 is 54.7 Å². The average Bonchev–Trinajstić information content (AvgIpc) is 3.27. The van der Waals surface area contributed by atoms with Gasteiger partial charge >= 0.3 is 17.9 Å². The largest absolute Gasteiger partial charge is 0.479 e. The minimum atomic E-state index is -1.86. The van der Waals surface area contributed by atoms with Crippen LogP contribution in [0.5, 0.6) is 0 Å². The molecule has 63 heavy (non-hydrogen) atoms. The van der Waals surface area contributed by atoms with Gasteiger partial charge in [-0.3, -0.25) is 9.59 Å². The van der Waals surface area contributed by atoms with Crippen molar-refractivity contribution in [2.24, 2.45) is 0 Å². The summed E-state index contributed by atoms with van der Waals surface area (Å²) in [6, 6.07) is 0. The first-order valence-corrected chi connectivity index (χ1v) is 26.2. The van der Waals surface area contributed by atoms with Gasteiger partial charge in [0.05, 0.1) is 6.61 Å². The third-order valence-electron chi connectivity index (χ3n) is 12.4. The molecule has 0 saturated carbocycles. The fourth-order valence-corrected chi connectivity index (χ4v) is 8.23. The summed E-state index contributed by atoms with van der Waals surface area (Å²) < 4.78 is 21.8. The van der Waals surface area contributed by atoms with Gasteiger partial charge in [-0.15, -0.1) is 0 Å². The van der Waals surface area contributed by atoms with Gasteiger partial charge < -0.3 is 39.4 Å². The van der Waals surface area contributed by atoms with Crippen LogP contribution in [0.15, 0.2) is 12.2 Å². The molecular formula is C52H96O11. The van der Waals surface area contributed by atoms with Crippen LogP contribution in [0.4, 0.5) is 0 Å². The van der Waals surface area contributed by atoms with Crippen molar-refractivity contribution in [1.82, 2.24) is 0 Å². The van der Waals surface area contributed by atoms with Gasteiger partial charge in [-0.25, -0.2) is 4.79 Å². The Hall–Kier alpha value is -2.05. The number of unbranched alkanes of at least 4 members (excludes halogenated alkanes) is 32. The molecule has 0 aromatic carbocycles. The summed E-state index contributed by atoms with van der Waals surface area (Å²) >= 11 is 0. The monoisotopic (exact) mass is 897 g/mol. The maximum atomic E-state index is 12.8. The number of carboxylic acids is 1. The van der Waals surface area contributed by atoms with Gasteiger partial charge in [0.1, 0.15) is 24.9 Å². The second-order valence-electron chi connectivity index (χ2n) is 18.4. The number of aliphatic hydroxyl groups excluding tert-OH is 3. The van der Waals surface area contributed by atoms with E-state index in [0.29, 0.717) is 12.8 Å². The Morgan fingerprint density at radius 3 is 1.24 bits per heavy atom. The quantitative estimate of drug-likeness (QED) is 0.0261. The molecule has 0 radical (unpaired) electrons. The maximum Gasteiger partial charge on any atom is 0.335 e. The Kier molecular flexibility index (Phi) is 39.9. The Bertz CT molecular complexity index is 1100. The Morgan fingerprint density at radius 2 is 0.841 bits per heavy atom. The van der Waals surface area contributed by atoms with Crippen molar-refractivity contribution >= 4 is 17.9 Å². The molecular weight excluding hydrogens is 801 g/mol. The zero-order chi connectivity index (χ0) is 46.0. The van der Waals surface area contributed by atoms with E-state index >= 15 is 0 Å². The first-order valence-electron chi connectivity index (χ1n) is 26.2. The number of carbonyl (C=O) groups excluding carboxylic acids is 2. The molecule has 0 aromatic rings. The van der Waals surface area contributed by atoms with Crippen molar-refractivity contribution in [2.75, 3.05) is 13.2 Å². The van der Waals surface area contributed by atoms with Gasteiger partial charge in [0.2, 0.25) is 0 Å². The van der Waals surface area contributed by atoms with Crippen LogP contribution in [0.2, 0.25) is 0 Å². The van der Waals surface area contributed by atoms with Gasteiger partial charge in [0.25, 0.3) is 0 Å². The molecule has 0 bridgehead atoms. The minimum Gasteiger partial charge on any atom is -0.479 e. The van der Waals surface area contributed by atoms with Crippen LogP contribution >= 0.6 is 0 Å². The number of carbonyl (C=O) groups is 3. The topological polar surface area (TPSA) is 169 Å². The van der Waals surface area contributed by atoms with E-state index in [9.17, 15) is 34.8 Å². The Morgan fingerprint density at radius 1 is 0.476 bits per heavy atom. The van der Waals surface area contributed by atoms with E-state index in [1.807, 2.05) is 0 Å². The molecule has 1 aliphatic heterocycles. The van der Waals surface area contributed by atoms with Crippen molar-refractivity contribution < 1.29 is 53.8 Å². The molecule has 1 saturated heterocycles. The summed E-state index contributed by atoms with van der Waals surface area (Å²) in [6.45, 7) is 3.85. The Labute approximate surface area is 384 Å². The second-order valence-corrected chi connectivity index (χ2v) is 18.4. The molecule has 1 aliphatic rings. The van der Waals surface area contributed by atoms with E-state index in [1.54, 1.807) is 0 Å². The zero-order valence-corrected chi connectivity index (χ0v) is 40.3. The lowest BCUT2D eigenvalue weighted by Gasteiger charge is -2.38. The normalized spacial score (nSPS) is 19.4. The third kappa shape index (κ3) is 34.0. The van der Waals surface area contributed by atoms with Crippen molar-refractivity contribution in [2.45, 2.75) is 288 Å². The molecule has 11 heteroatoms. The van der Waals surface area contributed by atoms with Crippen molar-refractivity contribution in [3.63, 3.8) is 0 Å². The first kappa shape index (κ1) is 59.0. The van der Waals surface area contributed by atoms with Crippen molar-refractivity contribution in [3.8, 4) is 0 Å². The summed E-state index contributed by atoms with van der Waals surface area (Å²) in [7, 11) is 0. The predicted molar refractivity (Wildman–Crippen MR) is 252 cm³/mol.